The van der Waals surface area contributed by atoms with Gasteiger partial charge in [0.15, 0.2) is 0 Å². The van der Waals surface area contributed by atoms with Gasteiger partial charge in [-0.3, -0.25) is 10.1 Å². The molecule has 0 saturated carbocycles. The van der Waals surface area contributed by atoms with Crippen molar-refractivity contribution in [2.75, 3.05) is 0 Å². The smallest absolute Gasteiger partial charge is 0.272 e. The summed E-state index contributed by atoms with van der Waals surface area (Å²) >= 11 is 1.51. The summed E-state index contributed by atoms with van der Waals surface area (Å²) < 4.78 is 0. The molecule has 0 fully saturated rings. The van der Waals surface area contributed by atoms with Crippen molar-refractivity contribution in [3.8, 4) is 5.75 Å². The molecular formula is C14H13NO3S. The van der Waals surface area contributed by atoms with Crippen LogP contribution in [0.15, 0.2) is 52.3 Å². The summed E-state index contributed by atoms with van der Waals surface area (Å²) in [7, 11) is 0. The van der Waals surface area contributed by atoms with Crippen molar-refractivity contribution >= 4 is 17.4 Å². The normalized spacial score (nSPS) is 10.4. The van der Waals surface area contributed by atoms with Gasteiger partial charge in [0.05, 0.1) is 4.92 Å². The van der Waals surface area contributed by atoms with Gasteiger partial charge in [-0.05, 0) is 42.8 Å². The highest BCUT2D eigenvalue weighted by Gasteiger charge is 2.12. The summed E-state index contributed by atoms with van der Waals surface area (Å²) in [5.74, 6) is 0.224. The molecule has 98 valence electrons. The van der Waals surface area contributed by atoms with Crippen LogP contribution in [0.1, 0.15) is 12.5 Å². The number of phenolic OH excluding ortho intramolecular Hbond substituents is 1. The van der Waals surface area contributed by atoms with Gasteiger partial charge in [-0.25, -0.2) is 0 Å². The Balaban J connectivity index is 2.26. The predicted octanol–water partition coefficient (Wildman–Crippen LogP) is 4.01. The van der Waals surface area contributed by atoms with Crippen LogP contribution >= 0.6 is 11.8 Å². The highest BCUT2D eigenvalue weighted by molar-refractivity contribution is 7.99. The van der Waals surface area contributed by atoms with Crippen LogP contribution in [0.3, 0.4) is 0 Å². The Morgan fingerprint density at radius 1 is 1.16 bits per heavy atom. The van der Waals surface area contributed by atoms with Crippen molar-refractivity contribution in [2.45, 2.75) is 23.1 Å². The highest BCUT2D eigenvalue weighted by atomic mass is 32.2. The molecule has 0 spiro atoms. The van der Waals surface area contributed by atoms with E-state index in [9.17, 15) is 15.2 Å². The van der Waals surface area contributed by atoms with Crippen LogP contribution in [0.25, 0.3) is 0 Å². The highest BCUT2D eigenvalue weighted by Crippen LogP contribution is 2.32. The monoisotopic (exact) mass is 275 g/mol. The molecular weight excluding hydrogens is 262 g/mol. The van der Waals surface area contributed by atoms with Crippen molar-refractivity contribution in [3.63, 3.8) is 0 Å². The molecule has 0 amide bonds. The zero-order valence-corrected chi connectivity index (χ0v) is 11.2. The number of hydrogen-bond acceptors (Lipinski definition) is 4. The first-order valence-electron chi connectivity index (χ1n) is 5.84. The van der Waals surface area contributed by atoms with Crippen LogP contribution in [-0.2, 0) is 6.42 Å². The number of nitro groups is 1. The third-order valence-electron chi connectivity index (χ3n) is 2.70. The zero-order chi connectivity index (χ0) is 13.8. The molecule has 0 aromatic heterocycles. The molecule has 0 radical (unpaired) electrons. The van der Waals surface area contributed by atoms with E-state index in [1.807, 2.05) is 25.1 Å². The van der Waals surface area contributed by atoms with Gasteiger partial charge in [-0.1, -0.05) is 18.7 Å². The molecule has 0 heterocycles. The van der Waals surface area contributed by atoms with Crippen LogP contribution in [-0.4, -0.2) is 10.0 Å². The topological polar surface area (TPSA) is 63.4 Å². The minimum Gasteiger partial charge on any atom is -0.508 e. The van der Waals surface area contributed by atoms with E-state index in [0.29, 0.717) is 6.42 Å². The van der Waals surface area contributed by atoms with Gasteiger partial charge in [-0.2, -0.15) is 0 Å². The molecule has 2 aromatic carbocycles. The summed E-state index contributed by atoms with van der Waals surface area (Å²) in [6.45, 7) is 1.90. The van der Waals surface area contributed by atoms with Crippen LogP contribution < -0.4 is 0 Å². The summed E-state index contributed by atoms with van der Waals surface area (Å²) in [4.78, 5) is 12.4. The maximum absolute atomic E-state index is 10.9. The predicted molar refractivity (Wildman–Crippen MR) is 74.7 cm³/mol. The number of hydrogen-bond donors (Lipinski definition) is 1. The fourth-order valence-electron chi connectivity index (χ4n) is 1.74. The third kappa shape index (κ3) is 3.26. The number of benzene rings is 2. The van der Waals surface area contributed by atoms with Crippen LogP contribution in [0, 0.1) is 10.1 Å². The summed E-state index contributed by atoms with van der Waals surface area (Å²) in [5.41, 5.74) is 0.895. The number of nitro benzene ring substituents is 1. The van der Waals surface area contributed by atoms with Crippen molar-refractivity contribution < 1.29 is 10.0 Å². The molecule has 2 rings (SSSR count). The first-order chi connectivity index (χ1) is 9.10. The van der Waals surface area contributed by atoms with E-state index in [4.69, 9.17) is 0 Å². The number of phenols is 1. The summed E-state index contributed by atoms with van der Waals surface area (Å²) in [5, 5.41) is 20.1. The SMILES string of the molecule is CCc1cc(Sc2ccc(O)cc2)ccc1[N+](=O)[O-]. The minimum absolute atomic E-state index is 0.164. The largest absolute Gasteiger partial charge is 0.508 e. The lowest BCUT2D eigenvalue weighted by Crippen LogP contribution is -1.94. The fraction of sp³-hybridized carbons (Fsp3) is 0.143. The molecule has 2 aromatic rings. The van der Waals surface area contributed by atoms with Gasteiger partial charge >= 0.3 is 0 Å². The second-order valence-corrected chi connectivity index (χ2v) is 5.14. The molecule has 1 N–H and O–H groups in total. The van der Waals surface area contributed by atoms with Gasteiger partial charge in [0.2, 0.25) is 0 Å². The molecule has 0 aliphatic carbocycles. The van der Waals surface area contributed by atoms with Crippen molar-refractivity contribution in [1.29, 1.82) is 0 Å². The second-order valence-electron chi connectivity index (χ2n) is 4.00. The number of aromatic hydroxyl groups is 1. The third-order valence-corrected chi connectivity index (χ3v) is 3.70. The number of aryl methyl sites for hydroxylation is 1. The maximum Gasteiger partial charge on any atom is 0.272 e. The molecule has 5 heteroatoms. The van der Waals surface area contributed by atoms with E-state index >= 15 is 0 Å². The van der Waals surface area contributed by atoms with E-state index in [-0.39, 0.29) is 16.4 Å². The first kappa shape index (κ1) is 13.4. The Morgan fingerprint density at radius 2 is 1.79 bits per heavy atom. The molecule has 0 aliphatic rings. The van der Waals surface area contributed by atoms with E-state index in [1.165, 1.54) is 11.8 Å². The Hall–Kier alpha value is -2.01. The van der Waals surface area contributed by atoms with Gasteiger partial charge in [0.25, 0.3) is 5.69 Å². The van der Waals surface area contributed by atoms with Gasteiger partial charge in [-0.15, -0.1) is 0 Å². The number of nitrogens with zero attached hydrogens (tertiary/aromatic N) is 1. The Labute approximate surface area is 115 Å². The van der Waals surface area contributed by atoms with Gasteiger partial charge < -0.3 is 5.11 Å². The van der Waals surface area contributed by atoms with Crippen molar-refractivity contribution in [2.24, 2.45) is 0 Å². The Morgan fingerprint density at radius 3 is 2.37 bits per heavy atom. The van der Waals surface area contributed by atoms with Crippen LogP contribution in [0.2, 0.25) is 0 Å². The van der Waals surface area contributed by atoms with E-state index in [1.54, 1.807) is 24.3 Å². The lowest BCUT2D eigenvalue weighted by Gasteiger charge is -2.05. The summed E-state index contributed by atoms with van der Waals surface area (Å²) in [6.07, 6.45) is 0.625. The zero-order valence-electron chi connectivity index (χ0n) is 10.4. The maximum atomic E-state index is 10.9. The van der Waals surface area contributed by atoms with Crippen molar-refractivity contribution in [1.82, 2.24) is 0 Å². The molecule has 0 aliphatic heterocycles. The fourth-order valence-corrected chi connectivity index (χ4v) is 2.62. The Bertz CT molecular complexity index is 596. The lowest BCUT2D eigenvalue weighted by molar-refractivity contribution is -0.385. The van der Waals surface area contributed by atoms with Gasteiger partial charge in [0, 0.05) is 21.4 Å². The van der Waals surface area contributed by atoms with E-state index in [0.717, 1.165) is 15.4 Å². The molecule has 0 bridgehead atoms. The standard InChI is InChI=1S/C14H13NO3S/c1-2-10-9-13(7-8-14(10)15(17)18)19-12-5-3-11(16)4-6-12/h3-9,16H,2H2,1H3. The average Bonchev–Trinajstić information content (AvgIpc) is 2.41. The Kier molecular flexibility index (Phi) is 4.06. The minimum atomic E-state index is -0.353. The quantitative estimate of drug-likeness (QED) is 0.676. The molecule has 0 unspecified atom stereocenters. The number of rotatable bonds is 4. The van der Waals surface area contributed by atoms with Crippen LogP contribution in [0.4, 0.5) is 5.69 Å². The average molecular weight is 275 g/mol. The van der Waals surface area contributed by atoms with Gasteiger partial charge in [0.1, 0.15) is 5.75 Å². The molecule has 0 saturated heterocycles. The second kappa shape index (κ2) is 5.75. The summed E-state index contributed by atoms with van der Waals surface area (Å²) in [6, 6.07) is 12.0. The molecule has 4 nitrogen and oxygen atoms in total. The lowest BCUT2D eigenvalue weighted by atomic mass is 10.1. The van der Waals surface area contributed by atoms with E-state index < -0.39 is 0 Å². The first-order valence-corrected chi connectivity index (χ1v) is 6.66. The molecule has 19 heavy (non-hydrogen) atoms. The molecule has 0 atom stereocenters. The van der Waals surface area contributed by atoms with Crippen LogP contribution in [0.5, 0.6) is 5.75 Å². The van der Waals surface area contributed by atoms with Crippen molar-refractivity contribution in [3.05, 3.63) is 58.1 Å². The van der Waals surface area contributed by atoms with E-state index in [2.05, 4.69) is 0 Å².